The van der Waals surface area contributed by atoms with E-state index in [4.69, 9.17) is 5.11 Å². The number of aryl methyl sites for hydroxylation is 1. The molecule has 0 heterocycles. The summed E-state index contributed by atoms with van der Waals surface area (Å²) in [4.78, 5) is 11.9. The summed E-state index contributed by atoms with van der Waals surface area (Å²) in [5.41, 5.74) is 2.50. The van der Waals surface area contributed by atoms with E-state index in [0.29, 0.717) is 5.69 Å². The van der Waals surface area contributed by atoms with E-state index in [-0.39, 0.29) is 18.4 Å². The molecular weight excluding hydrogens is 226 g/mol. The van der Waals surface area contributed by atoms with Gasteiger partial charge in [0.25, 0.3) is 0 Å². The SMILES string of the molecule is CCC(C)C(=O)Nc1cc(C)ccc1C#CCO. The summed E-state index contributed by atoms with van der Waals surface area (Å²) in [7, 11) is 0. The zero-order chi connectivity index (χ0) is 13.5. The summed E-state index contributed by atoms with van der Waals surface area (Å²) in [5, 5.41) is 11.6. The Morgan fingerprint density at radius 2 is 2.22 bits per heavy atom. The molecule has 18 heavy (non-hydrogen) atoms. The Kier molecular flexibility index (Phi) is 5.41. The van der Waals surface area contributed by atoms with Gasteiger partial charge < -0.3 is 10.4 Å². The van der Waals surface area contributed by atoms with Gasteiger partial charge in [-0.3, -0.25) is 4.79 Å². The molecule has 3 nitrogen and oxygen atoms in total. The van der Waals surface area contributed by atoms with Crippen molar-refractivity contribution in [3.05, 3.63) is 29.3 Å². The predicted octanol–water partition coefficient (Wildman–Crippen LogP) is 2.32. The van der Waals surface area contributed by atoms with E-state index in [2.05, 4.69) is 17.2 Å². The number of nitrogens with one attached hydrogen (secondary N) is 1. The fourth-order valence-electron chi connectivity index (χ4n) is 1.45. The Bertz CT molecular complexity index is 483. The fraction of sp³-hybridized carbons (Fsp3) is 0.400. The quantitative estimate of drug-likeness (QED) is 0.803. The first kappa shape index (κ1) is 14.3. The third-order valence-corrected chi connectivity index (χ3v) is 2.80. The number of carbonyl (C=O) groups is 1. The Morgan fingerprint density at radius 3 is 2.83 bits per heavy atom. The van der Waals surface area contributed by atoms with Crippen molar-refractivity contribution in [2.24, 2.45) is 5.92 Å². The molecule has 2 N–H and O–H groups in total. The number of carbonyl (C=O) groups excluding carboxylic acids is 1. The van der Waals surface area contributed by atoms with Gasteiger partial charge in [-0.2, -0.15) is 0 Å². The number of hydrogen-bond acceptors (Lipinski definition) is 2. The average molecular weight is 245 g/mol. The fourth-order valence-corrected chi connectivity index (χ4v) is 1.45. The summed E-state index contributed by atoms with van der Waals surface area (Å²) in [5.74, 6) is 5.40. The van der Waals surface area contributed by atoms with Crippen LogP contribution >= 0.6 is 0 Å². The van der Waals surface area contributed by atoms with Crippen molar-refractivity contribution in [3.63, 3.8) is 0 Å². The summed E-state index contributed by atoms with van der Waals surface area (Å²) in [6, 6.07) is 5.67. The van der Waals surface area contributed by atoms with Gasteiger partial charge in [0.15, 0.2) is 0 Å². The lowest BCUT2D eigenvalue weighted by Gasteiger charge is -2.12. The van der Waals surface area contributed by atoms with Gasteiger partial charge >= 0.3 is 0 Å². The monoisotopic (exact) mass is 245 g/mol. The van der Waals surface area contributed by atoms with Crippen LogP contribution in [0.3, 0.4) is 0 Å². The molecule has 1 atom stereocenters. The molecule has 0 bridgehead atoms. The Morgan fingerprint density at radius 1 is 1.50 bits per heavy atom. The van der Waals surface area contributed by atoms with Crippen LogP contribution in [-0.2, 0) is 4.79 Å². The molecule has 1 aromatic carbocycles. The lowest BCUT2D eigenvalue weighted by Crippen LogP contribution is -2.20. The van der Waals surface area contributed by atoms with Gasteiger partial charge in [-0.15, -0.1) is 0 Å². The minimum Gasteiger partial charge on any atom is -0.384 e. The molecule has 1 amide bonds. The number of hydrogen-bond donors (Lipinski definition) is 2. The lowest BCUT2D eigenvalue weighted by atomic mass is 10.1. The molecular formula is C15H19NO2. The molecule has 0 spiro atoms. The molecule has 0 radical (unpaired) electrons. The summed E-state index contributed by atoms with van der Waals surface area (Å²) in [6.45, 7) is 5.64. The number of aliphatic hydroxyl groups is 1. The van der Waals surface area contributed by atoms with Crippen LogP contribution in [0.4, 0.5) is 5.69 Å². The molecule has 1 unspecified atom stereocenters. The maximum Gasteiger partial charge on any atom is 0.227 e. The molecule has 96 valence electrons. The van der Waals surface area contributed by atoms with Gasteiger partial charge in [0, 0.05) is 11.5 Å². The lowest BCUT2D eigenvalue weighted by molar-refractivity contribution is -0.119. The van der Waals surface area contributed by atoms with Gasteiger partial charge in [-0.25, -0.2) is 0 Å². The van der Waals surface area contributed by atoms with Crippen LogP contribution in [0.5, 0.6) is 0 Å². The molecule has 1 aromatic rings. The van der Waals surface area contributed by atoms with Crippen LogP contribution in [-0.4, -0.2) is 17.6 Å². The molecule has 0 aliphatic carbocycles. The van der Waals surface area contributed by atoms with Crippen LogP contribution in [0, 0.1) is 24.7 Å². The third-order valence-electron chi connectivity index (χ3n) is 2.80. The zero-order valence-corrected chi connectivity index (χ0v) is 11.1. The van der Waals surface area contributed by atoms with Crippen molar-refractivity contribution in [2.75, 3.05) is 11.9 Å². The van der Waals surface area contributed by atoms with E-state index in [1.165, 1.54) is 0 Å². The van der Waals surface area contributed by atoms with Gasteiger partial charge in [0.05, 0.1) is 5.69 Å². The number of anilines is 1. The first-order chi connectivity index (χ1) is 8.58. The molecule has 0 saturated heterocycles. The van der Waals surface area contributed by atoms with Crippen molar-refractivity contribution in [3.8, 4) is 11.8 Å². The first-order valence-corrected chi connectivity index (χ1v) is 6.09. The van der Waals surface area contributed by atoms with Crippen molar-refractivity contribution >= 4 is 11.6 Å². The van der Waals surface area contributed by atoms with E-state index in [9.17, 15) is 4.79 Å². The highest BCUT2D eigenvalue weighted by molar-refractivity contribution is 5.93. The van der Waals surface area contributed by atoms with E-state index in [1.54, 1.807) is 0 Å². The van der Waals surface area contributed by atoms with Crippen molar-refractivity contribution in [1.82, 2.24) is 0 Å². The van der Waals surface area contributed by atoms with E-state index in [1.807, 2.05) is 39.0 Å². The largest absolute Gasteiger partial charge is 0.384 e. The highest BCUT2D eigenvalue weighted by Gasteiger charge is 2.12. The Hall–Kier alpha value is -1.79. The van der Waals surface area contributed by atoms with Gasteiger partial charge in [-0.05, 0) is 31.0 Å². The second kappa shape index (κ2) is 6.83. The Balaban J connectivity index is 2.99. The average Bonchev–Trinajstić information content (AvgIpc) is 2.36. The molecule has 0 aliphatic rings. The number of amides is 1. The maximum absolute atomic E-state index is 11.9. The third kappa shape index (κ3) is 3.90. The first-order valence-electron chi connectivity index (χ1n) is 6.09. The zero-order valence-electron chi connectivity index (χ0n) is 11.1. The van der Waals surface area contributed by atoms with Crippen LogP contribution in [0.2, 0.25) is 0 Å². The highest BCUT2D eigenvalue weighted by Crippen LogP contribution is 2.18. The number of rotatable bonds is 3. The molecule has 0 fully saturated rings. The van der Waals surface area contributed by atoms with Gasteiger partial charge in [0.2, 0.25) is 5.91 Å². The predicted molar refractivity (Wildman–Crippen MR) is 73.2 cm³/mol. The van der Waals surface area contributed by atoms with Crippen LogP contribution < -0.4 is 5.32 Å². The van der Waals surface area contributed by atoms with Crippen LogP contribution in [0.1, 0.15) is 31.4 Å². The minimum atomic E-state index is -0.188. The summed E-state index contributed by atoms with van der Waals surface area (Å²) in [6.07, 6.45) is 0.801. The smallest absolute Gasteiger partial charge is 0.227 e. The van der Waals surface area contributed by atoms with E-state index < -0.39 is 0 Å². The second-order valence-corrected chi connectivity index (χ2v) is 4.31. The molecule has 0 aliphatic heterocycles. The molecule has 3 heteroatoms. The Labute approximate surface area is 108 Å². The van der Waals surface area contributed by atoms with Crippen molar-refractivity contribution in [2.45, 2.75) is 27.2 Å². The second-order valence-electron chi connectivity index (χ2n) is 4.31. The molecule has 0 aromatic heterocycles. The van der Waals surface area contributed by atoms with Crippen LogP contribution in [0.25, 0.3) is 0 Å². The topological polar surface area (TPSA) is 49.3 Å². The van der Waals surface area contributed by atoms with Gasteiger partial charge in [0.1, 0.15) is 6.61 Å². The standard InChI is InChI=1S/C15H19NO2/c1-4-12(3)15(18)16-14-10-11(2)7-8-13(14)6-5-9-17/h7-8,10,12,17H,4,9H2,1-3H3,(H,16,18). The highest BCUT2D eigenvalue weighted by atomic mass is 16.2. The molecule has 0 saturated carbocycles. The van der Waals surface area contributed by atoms with E-state index >= 15 is 0 Å². The number of benzene rings is 1. The summed E-state index contributed by atoms with van der Waals surface area (Å²) < 4.78 is 0. The maximum atomic E-state index is 11.9. The van der Waals surface area contributed by atoms with Gasteiger partial charge in [-0.1, -0.05) is 31.8 Å². The van der Waals surface area contributed by atoms with Crippen molar-refractivity contribution < 1.29 is 9.90 Å². The summed E-state index contributed by atoms with van der Waals surface area (Å²) >= 11 is 0. The normalized spacial score (nSPS) is 11.3. The minimum absolute atomic E-state index is 0.00449. The van der Waals surface area contributed by atoms with Crippen LogP contribution in [0.15, 0.2) is 18.2 Å². The number of aliphatic hydroxyl groups excluding tert-OH is 1. The molecule has 1 rings (SSSR count). The van der Waals surface area contributed by atoms with E-state index in [0.717, 1.165) is 17.5 Å². The van der Waals surface area contributed by atoms with Crippen molar-refractivity contribution in [1.29, 1.82) is 0 Å².